The SMILES string of the molecule is O=C(C1CCCCC1)N1CCN(/C(=N/C2(C(=O)O)CC2)c2ccccn2)CC1. The largest absolute Gasteiger partial charge is 0.479 e. The van der Waals surface area contributed by atoms with E-state index in [0.717, 1.165) is 25.7 Å². The lowest BCUT2D eigenvalue weighted by Gasteiger charge is -2.38. The van der Waals surface area contributed by atoms with Crippen LogP contribution in [0.3, 0.4) is 0 Å². The number of hydrogen-bond acceptors (Lipinski definition) is 4. The summed E-state index contributed by atoms with van der Waals surface area (Å²) >= 11 is 0. The monoisotopic (exact) mass is 384 g/mol. The average molecular weight is 384 g/mol. The molecule has 1 saturated heterocycles. The molecule has 1 aromatic rings. The maximum atomic E-state index is 12.8. The van der Waals surface area contributed by atoms with Crippen LogP contribution < -0.4 is 0 Å². The van der Waals surface area contributed by atoms with Crippen LogP contribution in [0, 0.1) is 5.92 Å². The lowest BCUT2D eigenvalue weighted by molar-refractivity contribution is -0.139. The van der Waals surface area contributed by atoms with Gasteiger partial charge in [-0.25, -0.2) is 9.79 Å². The molecule has 0 bridgehead atoms. The van der Waals surface area contributed by atoms with E-state index in [2.05, 4.69) is 14.9 Å². The predicted molar refractivity (Wildman–Crippen MR) is 105 cm³/mol. The topological polar surface area (TPSA) is 86.1 Å². The molecule has 1 aromatic heterocycles. The summed E-state index contributed by atoms with van der Waals surface area (Å²) in [5, 5.41) is 9.56. The normalized spacial score (nSPS) is 22.8. The lowest BCUT2D eigenvalue weighted by atomic mass is 9.88. The number of amidine groups is 1. The minimum absolute atomic E-state index is 0.186. The van der Waals surface area contributed by atoms with Crippen molar-refractivity contribution in [3.05, 3.63) is 30.1 Å². The van der Waals surface area contributed by atoms with E-state index in [0.29, 0.717) is 56.5 Å². The van der Waals surface area contributed by atoms with E-state index >= 15 is 0 Å². The Morgan fingerprint density at radius 3 is 2.29 bits per heavy atom. The molecule has 2 heterocycles. The highest BCUT2D eigenvalue weighted by molar-refractivity contribution is 6.00. The van der Waals surface area contributed by atoms with Gasteiger partial charge in [0, 0.05) is 38.3 Å². The highest BCUT2D eigenvalue weighted by Crippen LogP contribution is 2.40. The summed E-state index contributed by atoms with van der Waals surface area (Å²) in [6, 6.07) is 5.60. The number of nitrogens with zero attached hydrogens (tertiary/aromatic N) is 4. The number of hydrogen-bond donors (Lipinski definition) is 1. The molecule has 0 spiro atoms. The highest BCUT2D eigenvalue weighted by atomic mass is 16.4. The standard InChI is InChI=1S/C21H28N4O3/c26-19(16-6-2-1-3-7-16)25-14-12-24(13-15-25)18(17-8-4-5-11-22-17)23-21(9-10-21)20(27)28/h4-5,8,11,16H,1-3,6-7,9-10,12-15H2,(H,27,28)/b23-18+. The molecule has 0 aromatic carbocycles. The third-order valence-corrected chi connectivity index (χ3v) is 6.18. The van der Waals surface area contributed by atoms with Crippen molar-refractivity contribution in [3.8, 4) is 0 Å². The maximum absolute atomic E-state index is 12.8. The Labute approximate surface area is 165 Å². The number of carboxylic acids is 1. The number of aromatic nitrogens is 1. The Kier molecular flexibility index (Phi) is 5.33. The van der Waals surface area contributed by atoms with Crippen LogP contribution in [0.5, 0.6) is 0 Å². The first-order valence-corrected chi connectivity index (χ1v) is 10.4. The van der Waals surface area contributed by atoms with E-state index in [1.807, 2.05) is 23.1 Å². The number of piperazine rings is 1. The summed E-state index contributed by atoms with van der Waals surface area (Å²) in [4.78, 5) is 37.6. The van der Waals surface area contributed by atoms with Crippen LogP contribution >= 0.6 is 0 Å². The van der Waals surface area contributed by atoms with Gasteiger partial charge in [-0.2, -0.15) is 0 Å². The molecule has 28 heavy (non-hydrogen) atoms. The first kappa shape index (κ1) is 18.9. The Balaban J connectivity index is 1.48. The van der Waals surface area contributed by atoms with Gasteiger partial charge >= 0.3 is 5.97 Å². The maximum Gasteiger partial charge on any atom is 0.331 e. The summed E-state index contributed by atoms with van der Waals surface area (Å²) in [5.41, 5.74) is -0.302. The first-order valence-electron chi connectivity index (χ1n) is 10.4. The molecule has 1 aliphatic heterocycles. The summed E-state index contributed by atoms with van der Waals surface area (Å²) in [5.74, 6) is 0.253. The first-order chi connectivity index (χ1) is 13.6. The number of amides is 1. The molecule has 4 rings (SSSR count). The van der Waals surface area contributed by atoms with Crippen LogP contribution in [0.15, 0.2) is 29.4 Å². The Morgan fingerprint density at radius 1 is 1.04 bits per heavy atom. The van der Waals surface area contributed by atoms with E-state index in [4.69, 9.17) is 0 Å². The number of aliphatic carboxylic acids is 1. The number of carbonyl (C=O) groups is 2. The molecule has 3 fully saturated rings. The van der Waals surface area contributed by atoms with Gasteiger partial charge in [0.2, 0.25) is 5.91 Å². The summed E-state index contributed by atoms with van der Waals surface area (Å²) in [7, 11) is 0. The van der Waals surface area contributed by atoms with Crippen molar-refractivity contribution >= 4 is 17.7 Å². The fourth-order valence-electron chi connectivity index (χ4n) is 4.23. The van der Waals surface area contributed by atoms with Gasteiger partial charge in [0.1, 0.15) is 5.69 Å². The highest BCUT2D eigenvalue weighted by Gasteiger charge is 2.51. The third-order valence-electron chi connectivity index (χ3n) is 6.18. The second-order valence-corrected chi connectivity index (χ2v) is 8.13. The van der Waals surface area contributed by atoms with Gasteiger partial charge in [-0.3, -0.25) is 9.78 Å². The second-order valence-electron chi connectivity index (χ2n) is 8.13. The molecule has 1 N–H and O–H groups in total. The molecule has 0 atom stereocenters. The van der Waals surface area contributed by atoms with E-state index in [-0.39, 0.29) is 5.92 Å². The molecule has 3 aliphatic rings. The molecular weight excluding hydrogens is 356 g/mol. The van der Waals surface area contributed by atoms with Crippen LogP contribution in [0.25, 0.3) is 0 Å². The van der Waals surface area contributed by atoms with E-state index < -0.39 is 11.5 Å². The van der Waals surface area contributed by atoms with Crippen LogP contribution in [0.1, 0.15) is 50.6 Å². The molecule has 150 valence electrons. The zero-order chi connectivity index (χ0) is 19.6. The zero-order valence-electron chi connectivity index (χ0n) is 16.2. The minimum atomic E-state index is -0.998. The summed E-state index contributed by atoms with van der Waals surface area (Å²) in [6.07, 6.45) is 8.42. The van der Waals surface area contributed by atoms with Crippen LogP contribution in [0.2, 0.25) is 0 Å². The van der Waals surface area contributed by atoms with Crippen molar-refractivity contribution < 1.29 is 14.7 Å². The van der Waals surface area contributed by atoms with Crippen LogP contribution in [0.4, 0.5) is 0 Å². The molecule has 2 saturated carbocycles. The fourth-order valence-corrected chi connectivity index (χ4v) is 4.23. The fraction of sp³-hybridized carbons (Fsp3) is 0.619. The Bertz CT molecular complexity index is 746. The molecule has 0 radical (unpaired) electrons. The van der Waals surface area contributed by atoms with Crippen molar-refractivity contribution in [2.24, 2.45) is 10.9 Å². The van der Waals surface area contributed by atoms with Crippen molar-refractivity contribution in [1.82, 2.24) is 14.8 Å². The molecule has 0 unspecified atom stereocenters. The van der Waals surface area contributed by atoms with Gasteiger partial charge in [-0.15, -0.1) is 0 Å². The van der Waals surface area contributed by atoms with Crippen molar-refractivity contribution in [2.45, 2.75) is 50.5 Å². The van der Waals surface area contributed by atoms with Gasteiger partial charge in [-0.1, -0.05) is 25.3 Å². The molecular formula is C21H28N4O3. The van der Waals surface area contributed by atoms with Crippen molar-refractivity contribution in [2.75, 3.05) is 26.2 Å². The van der Waals surface area contributed by atoms with Crippen LogP contribution in [-0.4, -0.2) is 69.3 Å². The minimum Gasteiger partial charge on any atom is -0.479 e. The molecule has 1 amide bonds. The smallest absolute Gasteiger partial charge is 0.331 e. The van der Waals surface area contributed by atoms with Gasteiger partial charge in [0.05, 0.1) is 0 Å². The Morgan fingerprint density at radius 2 is 1.71 bits per heavy atom. The van der Waals surface area contributed by atoms with Crippen LogP contribution in [-0.2, 0) is 9.59 Å². The van der Waals surface area contributed by atoms with Crippen molar-refractivity contribution in [3.63, 3.8) is 0 Å². The Hall–Kier alpha value is -2.44. The van der Waals surface area contributed by atoms with E-state index in [1.54, 1.807) is 6.20 Å². The van der Waals surface area contributed by atoms with Gasteiger partial charge in [0.15, 0.2) is 11.4 Å². The summed E-state index contributed by atoms with van der Waals surface area (Å²) in [6.45, 7) is 2.62. The molecule has 7 heteroatoms. The number of carboxylic acid groups (broad SMARTS) is 1. The average Bonchev–Trinajstić information content (AvgIpc) is 3.54. The molecule has 7 nitrogen and oxygen atoms in total. The quantitative estimate of drug-likeness (QED) is 0.635. The van der Waals surface area contributed by atoms with Gasteiger partial charge in [0.25, 0.3) is 0 Å². The summed E-state index contributed by atoms with van der Waals surface area (Å²) < 4.78 is 0. The number of aliphatic imine (C=N–C) groups is 1. The van der Waals surface area contributed by atoms with Gasteiger partial charge in [-0.05, 0) is 37.8 Å². The predicted octanol–water partition coefficient (Wildman–Crippen LogP) is 2.17. The lowest BCUT2D eigenvalue weighted by Crippen LogP contribution is -2.52. The third kappa shape index (κ3) is 3.88. The van der Waals surface area contributed by atoms with E-state index in [9.17, 15) is 14.7 Å². The number of carbonyl (C=O) groups excluding carboxylic acids is 1. The molecule has 2 aliphatic carbocycles. The number of pyridine rings is 1. The second kappa shape index (κ2) is 7.89. The number of rotatable bonds is 4. The van der Waals surface area contributed by atoms with E-state index in [1.165, 1.54) is 6.42 Å². The van der Waals surface area contributed by atoms with Gasteiger partial charge < -0.3 is 14.9 Å². The zero-order valence-corrected chi connectivity index (χ0v) is 16.2. The van der Waals surface area contributed by atoms with Crippen molar-refractivity contribution in [1.29, 1.82) is 0 Å².